The molecule has 0 aliphatic rings. The third kappa shape index (κ3) is 2.46. The lowest BCUT2D eigenvalue weighted by Crippen LogP contribution is -1.98. The van der Waals surface area contributed by atoms with Gasteiger partial charge in [0.1, 0.15) is 0 Å². The second-order valence-corrected chi connectivity index (χ2v) is 4.02. The number of alkyl halides is 2. The summed E-state index contributed by atoms with van der Waals surface area (Å²) in [7, 11) is 0. The Balaban J connectivity index is 2.52. The van der Waals surface area contributed by atoms with Crippen molar-refractivity contribution in [2.24, 2.45) is 0 Å². The normalized spacial score (nSPS) is 11.0. The number of nitrogens with zero attached hydrogens (tertiary/aromatic N) is 2. The van der Waals surface area contributed by atoms with E-state index in [2.05, 4.69) is 9.97 Å². The predicted molar refractivity (Wildman–Crippen MR) is 62.1 cm³/mol. The highest BCUT2D eigenvalue weighted by Crippen LogP contribution is 2.25. The van der Waals surface area contributed by atoms with Gasteiger partial charge in [-0.3, -0.25) is 0 Å². The Bertz CT molecular complexity index is 564. The van der Waals surface area contributed by atoms with Crippen molar-refractivity contribution < 1.29 is 13.2 Å². The Hall–Kier alpha value is -1.62. The highest BCUT2D eigenvalue weighted by atomic mass is 35.5. The van der Waals surface area contributed by atoms with E-state index in [1.807, 2.05) is 0 Å². The van der Waals surface area contributed by atoms with Crippen molar-refractivity contribution in [1.82, 2.24) is 9.97 Å². The molecule has 2 nitrogen and oxygen atoms in total. The van der Waals surface area contributed by atoms with E-state index in [-0.39, 0.29) is 22.2 Å². The van der Waals surface area contributed by atoms with Crippen molar-refractivity contribution in [3.63, 3.8) is 0 Å². The number of rotatable bonds is 2. The standard InChI is InChI=1S/C12H8ClF3N2/c1-6-9(14)10(13)18-12(17-6)8-4-2-3-7(5-8)11(15)16/h2-5,11H,1H3. The van der Waals surface area contributed by atoms with E-state index in [9.17, 15) is 13.2 Å². The van der Waals surface area contributed by atoms with E-state index in [0.29, 0.717) is 5.56 Å². The Morgan fingerprint density at radius 2 is 1.94 bits per heavy atom. The Morgan fingerprint density at radius 3 is 2.56 bits per heavy atom. The molecule has 0 saturated heterocycles. The molecular formula is C12H8ClF3N2. The summed E-state index contributed by atoms with van der Waals surface area (Å²) in [6.45, 7) is 1.43. The van der Waals surface area contributed by atoms with Crippen molar-refractivity contribution >= 4 is 11.6 Å². The fourth-order valence-corrected chi connectivity index (χ4v) is 1.68. The summed E-state index contributed by atoms with van der Waals surface area (Å²) in [4.78, 5) is 7.63. The molecule has 2 aromatic rings. The quantitative estimate of drug-likeness (QED) is 0.767. The molecule has 1 aromatic carbocycles. The summed E-state index contributed by atoms with van der Waals surface area (Å²) < 4.78 is 38.4. The van der Waals surface area contributed by atoms with Gasteiger partial charge in [0, 0.05) is 11.1 Å². The molecule has 0 spiro atoms. The van der Waals surface area contributed by atoms with Gasteiger partial charge in [-0.1, -0.05) is 29.8 Å². The highest BCUT2D eigenvalue weighted by Gasteiger charge is 2.13. The minimum atomic E-state index is -2.58. The summed E-state index contributed by atoms with van der Waals surface area (Å²) >= 11 is 5.60. The largest absolute Gasteiger partial charge is 0.263 e. The smallest absolute Gasteiger partial charge is 0.230 e. The van der Waals surface area contributed by atoms with Crippen LogP contribution in [0.5, 0.6) is 0 Å². The van der Waals surface area contributed by atoms with Crippen molar-refractivity contribution in [2.45, 2.75) is 13.3 Å². The monoisotopic (exact) mass is 272 g/mol. The van der Waals surface area contributed by atoms with Gasteiger partial charge in [0.2, 0.25) is 0 Å². The van der Waals surface area contributed by atoms with Crippen molar-refractivity contribution in [3.05, 3.63) is 46.5 Å². The first-order chi connectivity index (χ1) is 8.49. The summed E-state index contributed by atoms with van der Waals surface area (Å²) in [6.07, 6.45) is -2.58. The molecular weight excluding hydrogens is 265 g/mol. The molecule has 0 fully saturated rings. The number of benzene rings is 1. The van der Waals surface area contributed by atoms with Gasteiger partial charge >= 0.3 is 0 Å². The van der Waals surface area contributed by atoms with E-state index >= 15 is 0 Å². The summed E-state index contributed by atoms with van der Waals surface area (Å²) in [6, 6.07) is 5.58. The van der Waals surface area contributed by atoms with Gasteiger partial charge in [0.15, 0.2) is 16.8 Å². The zero-order valence-electron chi connectivity index (χ0n) is 9.29. The van der Waals surface area contributed by atoms with Crippen molar-refractivity contribution in [3.8, 4) is 11.4 Å². The molecule has 0 amide bonds. The van der Waals surface area contributed by atoms with E-state index in [0.717, 1.165) is 0 Å². The van der Waals surface area contributed by atoms with Crippen LogP contribution < -0.4 is 0 Å². The second kappa shape index (κ2) is 4.94. The van der Waals surface area contributed by atoms with Crippen LogP contribution in [-0.4, -0.2) is 9.97 Å². The topological polar surface area (TPSA) is 25.8 Å². The van der Waals surface area contributed by atoms with Crippen molar-refractivity contribution in [2.75, 3.05) is 0 Å². The zero-order chi connectivity index (χ0) is 13.3. The fourth-order valence-electron chi connectivity index (χ4n) is 1.47. The van der Waals surface area contributed by atoms with Crippen LogP contribution in [0.2, 0.25) is 5.15 Å². The van der Waals surface area contributed by atoms with Crippen LogP contribution in [0.1, 0.15) is 17.7 Å². The molecule has 1 aromatic heterocycles. The Morgan fingerprint density at radius 1 is 1.22 bits per heavy atom. The van der Waals surface area contributed by atoms with Crippen molar-refractivity contribution in [1.29, 1.82) is 0 Å². The third-order valence-electron chi connectivity index (χ3n) is 2.37. The van der Waals surface area contributed by atoms with Gasteiger partial charge in [-0.15, -0.1) is 0 Å². The van der Waals surface area contributed by atoms with E-state index in [4.69, 9.17) is 11.6 Å². The molecule has 0 saturated carbocycles. The zero-order valence-corrected chi connectivity index (χ0v) is 10.0. The van der Waals surface area contributed by atoms with Crippen LogP contribution >= 0.6 is 11.6 Å². The molecule has 0 radical (unpaired) electrons. The number of aryl methyl sites for hydroxylation is 1. The number of aromatic nitrogens is 2. The van der Waals surface area contributed by atoms with Crippen LogP contribution in [0, 0.1) is 12.7 Å². The van der Waals surface area contributed by atoms with E-state index < -0.39 is 12.2 Å². The number of hydrogen-bond acceptors (Lipinski definition) is 2. The predicted octanol–water partition coefficient (Wildman–Crippen LogP) is 4.18. The molecule has 0 aliphatic carbocycles. The maximum Gasteiger partial charge on any atom is 0.263 e. The molecule has 18 heavy (non-hydrogen) atoms. The number of halogens is 4. The molecule has 94 valence electrons. The van der Waals surface area contributed by atoms with E-state index in [1.54, 1.807) is 6.07 Å². The Labute approximate surface area is 106 Å². The average molecular weight is 273 g/mol. The van der Waals surface area contributed by atoms with Gasteiger partial charge in [0.25, 0.3) is 6.43 Å². The number of hydrogen-bond donors (Lipinski definition) is 0. The van der Waals surface area contributed by atoms with Crippen LogP contribution in [0.3, 0.4) is 0 Å². The molecule has 6 heteroatoms. The molecule has 0 aliphatic heterocycles. The van der Waals surface area contributed by atoms with Gasteiger partial charge in [-0.25, -0.2) is 23.1 Å². The van der Waals surface area contributed by atoms with Crippen LogP contribution in [0.4, 0.5) is 13.2 Å². The average Bonchev–Trinajstić information content (AvgIpc) is 2.35. The minimum absolute atomic E-state index is 0.0763. The molecule has 0 unspecified atom stereocenters. The molecule has 0 bridgehead atoms. The van der Waals surface area contributed by atoms with E-state index in [1.165, 1.54) is 25.1 Å². The lowest BCUT2D eigenvalue weighted by atomic mass is 10.1. The Kier molecular flexibility index (Phi) is 3.52. The van der Waals surface area contributed by atoms with Crippen LogP contribution in [-0.2, 0) is 0 Å². The summed E-state index contributed by atoms with van der Waals surface area (Å²) in [5.41, 5.74) is 0.305. The second-order valence-electron chi connectivity index (χ2n) is 3.66. The fraction of sp³-hybridized carbons (Fsp3) is 0.167. The van der Waals surface area contributed by atoms with Crippen LogP contribution in [0.25, 0.3) is 11.4 Å². The third-order valence-corrected chi connectivity index (χ3v) is 2.62. The van der Waals surface area contributed by atoms with Gasteiger partial charge in [-0.2, -0.15) is 0 Å². The summed E-state index contributed by atoms with van der Waals surface area (Å²) in [5, 5.41) is -0.319. The minimum Gasteiger partial charge on any atom is -0.230 e. The molecule has 2 rings (SSSR count). The first-order valence-electron chi connectivity index (χ1n) is 5.07. The molecule has 1 heterocycles. The van der Waals surface area contributed by atoms with Crippen LogP contribution in [0.15, 0.2) is 24.3 Å². The van der Waals surface area contributed by atoms with Gasteiger partial charge in [-0.05, 0) is 13.0 Å². The van der Waals surface area contributed by atoms with Gasteiger partial charge in [0.05, 0.1) is 5.69 Å². The lowest BCUT2D eigenvalue weighted by molar-refractivity contribution is 0.151. The van der Waals surface area contributed by atoms with Gasteiger partial charge < -0.3 is 0 Å². The molecule has 0 atom stereocenters. The maximum atomic E-state index is 13.3. The first kappa shape index (κ1) is 12.8. The first-order valence-corrected chi connectivity index (χ1v) is 5.45. The SMILES string of the molecule is Cc1nc(-c2cccc(C(F)F)c2)nc(Cl)c1F. The highest BCUT2D eigenvalue weighted by molar-refractivity contribution is 6.29. The lowest BCUT2D eigenvalue weighted by Gasteiger charge is -2.06. The molecule has 0 N–H and O–H groups in total. The summed E-state index contributed by atoms with van der Waals surface area (Å²) in [5.74, 6) is -0.577. The maximum absolute atomic E-state index is 13.3.